The summed E-state index contributed by atoms with van der Waals surface area (Å²) < 4.78 is 30.0. The molecule has 0 aliphatic carbocycles. The number of methoxy groups -OCH3 is 1. The average molecular weight is 617 g/mol. The van der Waals surface area contributed by atoms with Crippen LogP contribution in [0.3, 0.4) is 0 Å². The molecule has 234 valence electrons. The largest absolute Gasteiger partial charge is 0.497 e. The number of benzene rings is 2. The second-order valence-corrected chi connectivity index (χ2v) is 10.4. The molecule has 0 radical (unpaired) electrons. The lowest BCUT2D eigenvalue weighted by molar-refractivity contribution is -0.119. The summed E-state index contributed by atoms with van der Waals surface area (Å²) in [5.74, 6) is 1.60. The highest BCUT2D eigenvalue weighted by Crippen LogP contribution is 2.44. The fourth-order valence-corrected chi connectivity index (χ4v) is 5.32. The molecule has 43 heavy (non-hydrogen) atoms. The van der Waals surface area contributed by atoms with Crippen molar-refractivity contribution < 1.29 is 28.5 Å². The van der Waals surface area contributed by atoms with Crippen molar-refractivity contribution in [1.29, 1.82) is 0 Å². The van der Waals surface area contributed by atoms with E-state index in [2.05, 4.69) is 15.1 Å². The van der Waals surface area contributed by atoms with Crippen molar-refractivity contribution in [3.63, 3.8) is 0 Å². The summed E-state index contributed by atoms with van der Waals surface area (Å²) in [6.07, 6.45) is 0.0493. The molecule has 0 bridgehead atoms. The molecule has 2 atom stereocenters. The highest BCUT2D eigenvalue weighted by molar-refractivity contribution is 6.30. The number of ether oxygens (including phenoxy) is 5. The minimum absolute atomic E-state index is 0.0493. The molecule has 0 saturated carbocycles. The molecule has 1 aromatic heterocycles. The van der Waals surface area contributed by atoms with E-state index in [9.17, 15) is 4.79 Å². The number of primary amides is 1. The van der Waals surface area contributed by atoms with Gasteiger partial charge in [-0.05, 0) is 42.8 Å². The van der Waals surface area contributed by atoms with Gasteiger partial charge >= 0.3 is 0 Å². The summed E-state index contributed by atoms with van der Waals surface area (Å²) >= 11 is 6.27. The molecule has 4 rings (SSSR count). The number of halogens is 1. The highest BCUT2D eigenvalue weighted by Gasteiger charge is 2.39. The van der Waals surface area contributed by atoms with Gasteiger partial charge in [-0.15, -0.1) is 10.2 Å². The molecule has 2 aromatic carbocycles. The predicted octanol–water partition coefficient (Wildman–Crippen LogP) is 2.58. The number of nitrogens with two attached hydrogens (primary N) is 2. The van der Waals surface area contributed by atoms with Gasteiger partial charge in [-0.25, -0.2) is 0 Å². The lowest BCUT2D eigenvalue weighted by Gasteiger charge is -2.36. The molecule has 1 aliphatic heterocycles. The van der Waals surface area contributed by atoms with Crippen LogP contribution in [0.2, 0.25) is 5.02 Å². The predicted molar refractivity (Wildman–Crippen MR) is 162 cm³/mol. The molecule has 2 heterocycles. The molecule has 3 aromatic rings. The standard InChI is InChI=1S/C30H41ClN6O6/c1-21-34-35-30-27(20-28(33)38)36(10-12-41-14-16-43-18-17-42-15-13-40-11-9-32)29(22-3-5-23(31)6-4-22)25-19-24(39-2)7-8-26(25)37(21)30/h3-8,19,27,29H,9-18,20,32H2,1-2H3,(H2,33,38). The van der Waals surface area contributed by atoms with Crippen molar-refractivity contribution in [3.05, 3.63) is 70.3 Å². The van der Waals surface area contributed by atoms with Crippen molar-refractivity contribution in [3.8, 4) is 11.4 Å². The molecule has 0 spiro atoms. The van der Waals surface area contributed by atoms with Crippen molar-refractivity contribution >= 4 is 17.5 Å². The first-order valence-corrected chi connectivity index (χ1v) is 14.7. The zero-order valence-electron chi connectivity index (χ0n) is 24.7. The van der Waals surface area contributed by atoms with Gasteiger partial charge in [0.15, 0.2) is 5.82 Å². The van der Waals surface area contributed by atoms with Crippen molar-refractivity contribution in [2.75, 3.05) is 73.1 Å². The Morgan fingerprint density at radius 2 is 1.53 bits per heavy atom. The zero-order valence-corrected chi connectivity index (χ0v) is 25.5. The molecule has 1 aliphatic rings. The van der Waals surface area contributed by atoms with Gasteiger partial charge in [0.05, 0.1) is 77.7 Å². The van der Waals surface area contributed by atoms with E-state index in [1.165, 1.54) is 0 Å². The maximum Gasteiger partial charge on any atom is 0.219 e. The van der Waals surface area contributed by atoms with Crippen LogP contribution in [0.1, 0.15) is 41.3 Å². The number of nitrogens with zero attached hydrogens (tertiary/aromatic N) is 4. The van der Waals surface area contributed by atoms with E-state index in [1.54, 1.807) is 7.11 Å². The summed E-state index contributed by atoms with van der Waals surface area (Å²) in [6, 6.07) is 12.9. The van der Waals surface area contributed by atoms with Crippen LogP contribution in [-0.4, -0.2) is 98.6 Å². The van der Waals surface area contributed by atoms with Gasteiger partial charge in [-0.2, -0.15) is 0 Å². The van der Waals surface area contributed by atoms with Gasteiger partial charge in [-0.3, -0.25) is 14.3 Å². The minimum atomic E-state index is -0.469. The van der Waals surface area contributed by atoms with Crippen LogP contribution in [0.4, 0.5) is 0 Å². The normalized spacial score (nSPS) is 16.5. The third kappa shape index (κ3) is 8.73. The van der Waals surface area contributed by atoms with Crippen LogP contribution >= 0.6 is 11.6 Å². The molecule has 1 amide bonds. The van der Waals surface area contributed by atoms with Crippen LogP contribution in [0.5, 0.6) is 5.75 Å². The summed E-state index contributed by atoms with van der Waals surface area (Å²) in [5.41, 5.74) is 14.0. The van der Waals surface area contributed by atoms with Crippen LogP contribution < -0.4 is 16.2 Å². The summed E-state index contributed by atoms with van der Waals surface area (Å²) in [6.45, 7) is 6.53. The van der Waals surface area contributed by atoms with E-state index in [0.717, 1.165) is 16.8 Å². The molecule has 13 heteroatoms. The van der Waals surface area contributed by atoms with E-state index in [-0.39, 0.29) is 12.5 Å². The topological polar surface area (TPSA) is 149 Å². The Labute approximate surface area is 257 Å². The SMILES string of the molecule is COc1ccc2c(c1)C(c1ccc(Cl)cc1)N(CCOCCOCCOCCOCCN)C(CC(N)=O)c1nnc(C)n1-2. The second kappa shape index (κ2) is 16.7. The van der Waals surface area contributed by atoms with Crippen LogP contribution in [0.15, 0.2) is 42.5 Å². The van der Waals surface area contributed by atoms with Crippen LogP contribution in [0.25, 0.3) is 5.69 Å². The Morgan fingerprint density at radius 3 is 2.14 bits per heavy atom. The minimum Gasteiger partial charge on any atom is -0.497 e. The third-order valence-electron chi connectivity index (χ3n) is 7.10. The number of hydrogen-bond donors (Lipinski definition) is 2. The first kappa shape index (κ1) is 32.8. The van der Waals surface area contributed by atoms with Gasteiger partial charge in [0.25, 0.3) is 0 Å². The highest BCUT2D eigenvalue weighted by atomic mass is 35.5. The van der Waals surface area contributed by atoms with Gasteiger partial charge < -0.3 is 35.2 Å². The molecular weight excluding hydrogens is 576 g/mol. The number of carbonyl (C=O) groups is 1. The number of fused-ring (bicyclic) bond motifs is 3. The first-order valence-electron chi connectivity index (χ1n) is 14.3. The second-order valence-electron chi connectivity index (χ2n) is 9.98. The van der Waals surface area contributed by atoms with E-state index >= 15 is 0 Å². The maximum absolute atomic E-state index is 12.4. The van der Waals surface area contributed by atoms with Gasteiger partial charge in [-0.1, -0.05) is 23.7 Å². The van der Waals surface area contributed by atoms with E-state index in [0.29, 0.717) is 88.4 Å². The van der Waals surface area contributed by atoms with Crippen molar-refractivity contribution in [2.45, 2.75) is 25.4 Å². The first-order chi connectivity index (χ1) is 20.9. The molecule has 0 saturated heterocycles. The van der Waals surface area contributed by atoms with E-state index < -0.39 is 11.9 Å². The van der Waals surface area contributed by atoms with Gasteiger partial charge in [0.1, 0.15) is 11.6 Å². The van der Waals surface area contributed by atoms with E-state index in [4.69, 9.17) is 46.8 Å². The smallest absolute Gasteiger partial charge is 0.219 e. The van der Waals surface area contributed by atoms with E-state index in [1.807, 2.05) is 54.0 Å². The summed E-state index contributed by atoms with van der Waals surface area (Å²) in [7, 11) is 1.64. The molecule has 4 N–H and O–H groups in total. The summed E-state index contributed by atoms with van der Waals surface area (Å²) in [5, 5.41) is 9.52. The lowest BCUT2D eigenvalue weighted by atomic mass is 9.94. The number of rotatable bonds is 18. The molecular formula is C30H41ClN6O6. The summed E-state index contributed by atoms with van der Waals surface area (Å²) in [4.78, 5) is 14.6. The Bertz CT molecular complexity index is 1310. The fourth-order valence-electron chi connectivity index (χ4n) is 5.20. The molecule has 12 nitrogen and oxygen atoms in total. The zero-order chi connectivity index (χ0) is 30.6. The number of carbonyl (C=O) groups excluding carboxylic acids is 1. The average Bonchev–Trinajstić information content (AvgIpc) is 3.34. The number of aromatic nitrogens is 3. The number of hydrogen-bond acceptors (Lipinski definition) is 10. The molecule has 0 fully saturated rings. The molecule has 2 unspecified atom stereocenters. The Kier molecular flexibility index (Phi) is 12.7. The van der Waals surface area contributed by atoms with Crippen molar-refractivity contribution in [2.24, 2.45) is 11.5 Å². The Balaban J connectivity index is 1.51. The van der Waals surface area contributed by atoms with Crippen molar-refractivity contribution in [1.82, 2.24) is 19.7 Å². The Hall–Kier alpha value is -3.10. The fraction of sp³-hybridized carbons (Fsp3) is 0.500. The van der Waals surface area contributed by atoms with Crippen LogP contribution in [-0.2, 0) is 23.7 Å². The van der Waals surface area contributed by atoms with Gasteiger partial charge in [0.2, 0.25) is 5.91 Å². The quantitative estimate of drug-likeness (QED) is 0.204. The third-order valence-corrected chi connectivity index (χ3v) is 7.35. The number of aryl methyl sites for hydroxylation is 1. The van der Waals surface area contributed by atoms with Crippen LogP contribution in [0, 0.1) is 6.92 Å². The van der Waals surface area contributed by atoms with Gasteiger partial charge in [0, 0.05) is 30.1 Å². The number of amides is 1. The maximum atomic E-state index is 12.4. The monoisotopic (exact) mass is 616 g/mol. The Morgan fingerprint density at radius 1 is 0.907 bits per heavy atom. The lowest BCUT2D eigenvalue weighted by Crippen LogP contribution is -2.38.